The van der Waals surface area contributed by atoms with Crippen LogP contribution in [-0.4, -0.2) is 46.1 Å². The molecule has 0 fully saturated rings. The maximum atomic E-state index is 12.3. The lowest BCUT2D eigenvalue weighted by atomic mass is 10.0. The predicted octanol–water partition coefficient (Wildman–Crippen LogP) is 7.92. The first-order valence-electron chi connectivity index (χ1n) is 16.2. The summed E-state index contributed by atoms with van der Waals surface area (Å²) < 4.78 is 0. The van der Waals surface area contributed by atoms with Crippen LogP contribution in [-0.2, 0) is 4.79 Å². The summed E-state index contributed by atoms with van der Waals surface area (Å²) in [4.78, 5) is 12.3. The Hall–Kier alpha value is -1.17. The van der Waals surface area contributed by atoms with Crippen molar-refractivity contribution in [2.24, 2.45) is 0 Å². The molecule has 0 aliphatic heterocycles. The van der Waals surface area contributed by atoms with Crippen LogP contribution >= 0.6 is 0 Å². The summed E-state index contributed by atoms with van der Waals surface area (Å²) >= 11 is 0. The van der Waals surface area contributed by atoms with Crippen LogP contribution < -0.4 is 5.32 Å². The van der Waals surface area contributed by atoms with Gasteiger partial charge in [0, 0.05) is 0 Å². The van der Waals surface area contributed by atoms with Gasteiger partial charge in [0.15, 0.2) is 0 Å². The number of hydrogen-bond donors (Lipinski definition) is 4. The van der Waals surface area contributed by atoms with Gasteiger partial charge in [0.2, 0.25) is 5.91 Å². The third kappa shape index (κ3) is 23.9. The van der Waals surface area contributed by atoms with E-state index in [0.29, 0.717) is 6.42 Å². The predicted molar refractivity (Wildman–Crippen MR) is 162 cm³/mol. The Balaban J connectivity index is 3.78. The number of unbranched alkanes of at least 4 members (excludes halogenated alkanes) is 18. The third-order valence-electron chi connectivity index (χ3n) is 7.29. The van der Waals surface area contributed by atoms with Crippen molar-refractivity contribution in [3.05, 3.63) is 24.3 Å². The van der Waals surface area contributed by atoms with Crippen molar-refractivity contribution in [1.82, 2.24) is 5.32 Å². The lowest BCUT2D eigenvalue weighted by Crippen LogP contribution is -2.48. The fraction of sp³-hybridized carbons (Fsp3) is 0.848. The average Bonchev–Trinajstić information content (AvgIpc) is 2.92. The number of nitrogens with one attached hydrogen (secondary N) is 1. The minimum absolute atomic E-state index is 0.375. The molecule has 0 heterocycles. The van der Waals surface area contributed by atoms with E-state index in [9.17, 15) is 20.1 Å². The Kier molecular flexibility index (Phi) is 27.9. The van der Waals surface area contributed by atoms with Gasteiger partial charge in [-0.05, 0) is 32.1 Å². The van der Waals surface area contributed by atoms with E-state index in [1.807, 2.05) is 6.08 Å². The van der Waals surface area contributed by atoms with Crippen LogP contribution in [0.1, 0.15) is 155 Å². The Bertz CT molecular complexity index is 563. The van der Waals surface area contributed by atoms with Crippen LogP contribution in [0.15, 0.2) is 24.3 Å². The van der Waals surface area contributed by atoms with Crippen LogP contribution in [0.2, 0.25) is 0 Å². The molecule has 0 rings (SSSR count). The van der Waals surface area contributed by atoms with E-state index >= 15 is 0 Å². The van der Waals surface area contributed by atoms with Gasteiger partial charge in [-0.3, -0.25) is 4.79 Å². The van der Waals surface area contributed by atoms with Crippen LogP contribution in [0, 0.1) is 0 Å². The molecule has 0 spiro atoms. The molecule has 38 heavy (non-hydrogen) atoms. The number of aliphatic hydroxyl groups is 3. The molecule has 3 atom stereocenters. The van der Waals surface area contributed by atoms with Crippen molar-refractivity contribution in [2.45, 2.75) is 173 Å². The number of allylic oxidation sites excluding steroid dienone is 3. The van der Waals surface area contributed by atoms with Crippen molar-refractivity contribution in [3.63, 3.8) is 0 Å². The molecule has 5 nitrogen and oxygen atoms in total. The molecule has 0 aromatic carbocycles. The monoisotopic (exact) mass is 537 g/mol. The average molecular weight is 538 g/mol. The summed E-state index contributed by atoms with van der Waals surface area (Å²) in [7, 11) is 0. The van der Waals surface area contributed by atoms with Crippen molar-refractivity contribution >= 4 is 5.91 Å². The van der Waals surface area contributed by atoms with Crippen molar-refractivity contribution in [3.8, 4) is 0 Å². The van der Waals surface area contributed by atoms with Crippen molar-refractivity contribution in [2.75, 3.05) is 6.61 Å². The molecule has 0 saturated carbocycles. The molecule has 0 radical (unpaired) electrons. The van der Waals surface area contributed by atoms with Gasteiger partial charge >= 0.3 is 0 Å². The first-order chi connectivity index (χ1) is 18.6. The zero-order chi connectivity index (χ0) is 28.1. The molecule has 5 heteroatoms. The molecular weight excluding hydrogens is 474 g/mol. The van der Waals surface area contributed by atoms with Crippen LogP contribution in [0.4, 0.5) is 0 Å². The topological polar surface area (TPSA) is 89.8 Å². The molecular formula is C33H63NO4. The Labute approximate surface area is 235 Å². The van der Waals surface area contributed by atoms with Crippen LogP contribution in [0.25, 0.3) is 0 Å². The summed E-state index contributed by atoms with van der Waals surface area (Å²) in [5.41, 5.74) is 0. The molecule has 0 aromatic rings. The SMILES string of the molecule is CCCCC/C=C/CC/C=C/C(O)C(CO)NC(=O)C(O)CCCCCCCCCCCCCCCCC. The smallest absolute Gasteiger partial charge is 0.249 e. The van der Waals surface area contributed by atoms with E-state index < -0.39 is 24.2 Å². The van der Waals surface area contributed by atoms with Gasteiger partial charge in [-0.2, -0.15) is 0 Å². The molecule has 0 saturated heterocycles. The van der Waals surface area contributed by atoms with E-state index in [2.05, 4.69) is 31.3 Å². The number of hydrogen-bond acceptors (Lipinski definition) is 4. The van der Waals surface area contributed by atoms with E-state index in [-0.39, 0.29) is 6.61 Å². The number of carbonyl (C=O) groups is 1. The zero-order valence-electron chi connectivity index (χ0n) is 25.1. The van der Waals surface area contributed by atoms with Crippen molar-refractivity contribution < 1.29 is 20.1 Å². The second-order valence-electron chi connectivity index (χ2n) is 11.0. The Morgan fingerprint density at radius 3 is 1.61 bits per heavy atom. The lowest BCUT2D eigenvalue weighted by Gasteiger charge is -2.21. The van der Waals surface area contributed by atoms with Gasteiger partial charge < -0.3 is 20.6 Å². The second-order valence-corrected chi connectivity index (χ2v) is 11.0. The van der Waals surface area contributed by atoms with E-state index in [1.165, 1.54) is 96.3 Å². The highest BCUT2D eigenvalue weighted by Gasteiger charge is 2.22. The maximum absolute atomic E-state index is 12.3. The molecule has 0 aliphatic rings. The van der Waals surface area contributed by atoms with Crippen LogP contribution in [0.5, 0.6) is 0 Å². The standard InChI is InChI=1S/C33H63NO4/c1-3-5-7-9-11-13-14-15-16-17-18-20-22-24-26-28-32(37)33(38)34-30(29-35)31(36)27-25-23-21-19-12-10-8-6-4-2/h12,19,25,27,30-32,35-37H,3-11,13-18,20-24,26,28-29H2,1-2H3,(H,34,38)/b19-12+,27-25+. The van der Waals surface area contributed by atoms with Crippen LogP contribution in [0.3, 0.4) is 0 Å². The molecule has 4 N–H and O–H groups in total. The van der Waals surface area contributed by atoms with Gasteiger partial charge in [-0.25, -0.2) is 0 Å². The van der Waals surface area contributed by atoms with E-state index in [1.54, 1.807) is 6.08 Å². The molecule has 224 valence electrons. The fourth-order valence-electron chi connectivity index (χ4n) is 4.67. The first kappa shape index (κ1) is 36.8. The fourth-order valence-corrected chi connectivity index (χ4v) is 4.67. The highest BCUT2D eigenvalue weighted by atomic mass is 16.3. The molecule has 0 bridgehead atoms. The highest BCUT2D eigenvalue weighted by molar-refractivity contribution is 5.80. The summed E-state index contributed by atoms with van der Waals surface area (Å²) in [5, 5.41) is 32.7. The number of carbonyl (C=O) groups excluding carboxylic acids is 1. The Morgan fingerprint density at radius 2 is 1.08 bits per heavy atom. The number of amides is 1. The normalized spacial score (nSPS) is 14.3. The Morgan fingerprint density at radius 1 is 0.632 bits per heavy atom. The van der Waals surface area contributed by atoms with Crippen molar-refractivity contribution in [1.29, 1.82) is 0 Å². The summed E-state index contributed by atoms with van der Waals surface area (Å²) in [6.07, 6.45) is 31.9. The summed E-state index contributed by atoms with van der Waals surface area (Å²) in [6.45, 7) is 4.09. The first-order valence-corrected chi connectivity index (χ1v) is 16.2. The van der Waals surface area contributed by atoms with Gasteiger partial charge in [-0.1, -0.05) is 147 Å². The minimum Gasteiger partial charge on any atom is -0.394 e. The molecule has 0 aromatic heterocycles. The van der Waals surface area contributed by atoms with E-state index in [4.69, 9.17) is 0 Å². The lowest BCUT2D eigenvalue weighted by molar-refractivity contribution is -0.131. The highest BCUT2D eigenvalue weighted by Crippen LogP contribution is 2.14. The summed E-state index contributed by atoms with van der Waals surface area (Å²) in [6, 6.07) is -0.806. The molecule has 1 amide bonds. The second kappa shape index (κ2) is 28.8. The van der Waals surface area contributed by atoms with Gasteiger partial charge in [0.25, 0.3) is 0 Å². The quantitative estimate of drug-likeness (QED) is 0.0603. The van der Waals surface area contributed by atoms with Gasteiger partial charge in [0.05, 0.1) is 18.8 Å². The maximum Gasteiger partial charge on any atom is 0.249 e. The zero-order valence-corrected chi connectivity index (χ0v) is 25.1. The molecule has 3 unspecified atom stereocenters. The number of aliphatic hydroxyl groups excluding tert-OH is 3. The minimum atomic E-state index is -1.10. The summed E-state index contributed by atoms with van der Waals surface area (Å²) in [5.74, 6) is -0.517. The molecule has 0 aliphatic carbocycles. The third-order valence-corrected chi connectivity index (χ3v) is 7.29. The van der Waals surface area contributed by atoms with E-state index in [0.717, 1.165) is 38.5 Å². The number of rotatable bonds is 28. The van der Waals surface area contributed by atoms with Gasteiger partial charge in [-0.15, -0.1) is 0 Å². The largest absolute Gasteiger partial charge is 0.394 e. The van der Waals surface area contributed by atoms with Gasteiger partial charge in [0.1, 0.15) is 6.10 Å².